The molecule has 5 nitrogen and oxygen atoms in total. The Morgan fingerprint density at radius 3 is 2.84 bits per heavy atom. The van der Waals surface area contributed by atoms with Gasteiger partial charge >= 0.3 is 6.18 Å². The molecule has 0 radical (unpaired) electrons. The van der Waals surface area contributed by atoms with E-state index < -0.39 is 18.6 Å². The van der Waals surface area contributed by atoms with Crippen LogP contribution in [0.15, 0.2) is 12.4 Å². The van der Waals surface area contributed by atoms with Crippen LogP contribution in [0.5, 0.6) is 0 Å². The molecule has 0 spiro atoms. The summed E-state index contributed by atoms with van der Waals surface area (Å²) < 4.78 is 37.3. The first kappa shape index (κ1) is 15.5. The average Bonchev–Trinajstić information content (AvgIpc) is 2.74. The van der Waals surface area contributed by atoms with Gasteiger partial charge in [0.15, 0.2) is 0 Å². The summed E-state index contributed by atoms with van der Waals surface area (Å²) in [4.78, 5) is 15.4. The molecule has 0 aromatic carbocycles. The zero-order chi connectivity index (χ0) is 14.3. The Kier molecular flexibility index (Phi) is 5.81. The van der Waals surface area contributed by atoms with Gasteiger partial charge in [-0.25, -0.2) is 4.98 Å². The molecule has 1 rings (SSSR count). The molecule has 1 heterocycles. The molecule has 1 amide bonds. The van der Waals surface area contributed by atoms with Crippen molar-refractivity contribution < 1.29 is 18.0 Å². The average molecular weight is 278 g/mol. The first-order valence-electron chi connectivity index (χ1n) is 5.96. The molecule has 8 heteroatoms. The van der Waals surface area contributed by atoms with Crippen LogP contribution < -0.4 is 10.6 Å². The topological polar surface area (TPSA) is 59.0 Å². The van der Waals surface area contributed by atoms with Crippen LogP contribution in [0.3, 0.4) is 0 Å². The van der Waals surface area contributed by atoms with E-state index in [0.29, 0.717) is 12.4 Å². The zero-order valence-corrected chi connectivity index (χ0v) is 10.6. The zero-order valence-electron chi connectivity index (χ0n) is 10.6. The fourth-order valence-electron chi connectivity index (χ4n) is 1.44. The maximum absolute atomic E-state index is 11.9. The molecule has 108 valence electrons. The van der Waals surface area contributed by atoms with Crippen molar-refractivity contribution in [1.82, 2.24) is 20.2 Å². The third-order valence-corrected chi connectivity index (χ3v) is 2.31. The first-order chi connectivity index (χ1) is 8.92. The predicted octanol–water partition coefficient (Wildman–Crippen LogP) is 1.06. The van der Waals surface area contributed by atoms with E-state index in [-0.39, 0.29) is 6.54 Å². The fourth-order valence-corrected chi connectivity index (χ4v) is 1.44. The van der Waals surface area contributed by atoms with Crippen molar-refractivity contribution in [2.75, 3.05) is 13.1 Å². The molecule has 0 aliphatic heterocycles. The second-order valence-electron chi connectivity index (χ2n) is 4.04. The van der Waals surface area contributed by atoms with E-state index in [9.17, 15) is 18.0 Å². The van der Waals surface area contributed by atoms with Crippen LogP contribution in [0, 0.1) is 0 Å². The molecule has 19 heavy (non-hydrogen) atoms. The maximum atomic E-state index is 11.9. The lowest BCUT2D eigenvalue weighted by atomic mass is 10.4. The number of nitrogens with zero attached hydrogens (tertiary/aromatic N) is 2. The summed E-state index contributed by atoms with van der Waals surface area (Å²) in [5.74, 6) is -0.0670. The molecular weight excluding hydrogens is 261 g/mol. The van der Waals surface area contributed by atoms with Crippen LogP contribution in [0.2, 0.25) is 0 Å². The van der Waals surface area contributed by atoms with Crippen LogP contribution in [-0.2, 0) is 17.9 Å². The molecule has 0 unspecified atom stereocenters. The third-order valence-electron chi connectivity index (χ3n) is 2.31. The first-order valence-corrected chi connectivity index (χ1v) is 5.96. The van der Waals surface area contributed by atoms with Gasteiger partial charge in [-0.3, -0.25) is 4.79 Å². The lowest BCUT2D eigenvalue weighted by Gasteiger charge is -2.10. The number of halogens is 3. The van der Waals surface area contributed by atoms with Crippen molar-refractivity contribution in [3.8, 4) is 0 Å². The van der Waals surface area contributed by atoms with E-state index in [0.717, 1.165) is 13.0 Å². The van der Waals surface area contributed by atoms with Crippen LogP contribution in [0.4, 0.5) is 13.2 Å². The Bertz CT molecular complexity index is 403. The third kappa shape index (κ3) is 6.23. The largest absolute Gasteiger partial charge is 0.405 e. The number of nitrogens with one attached hydrogen (secondary N) is 2. The van der Waals surface area contributed by atoms with Gasteiger partial charge in [-0.2, -0.15) is 13.2 Å². The van der Waals surface area contributed by atoms with Crippen LogP contribution in [-0.4, -0.2) is 34.7 Å². The lowest BCUT2D eigenvalue weighted by Crippen LogP contribution is -2.36. The Balaban J connectivity index is 2.43. The molecule has 0 saturated heterocycles. The number of carbonyl (C=O) groups is 1. The molecule has 0 saturated carbocycles. The van der Waals surface area contributed by atoms with E-state index in [1.165, 1.54) is 10.8 Å². The molecule has 0 aliphatic carbocycles. The molecule has 1 aromatic heterocycles. The standard InChI is InChI=1S/C11H17F3N4O/c1-2-3-15-6-9-16-4-5-18(9)7-10(19)17-8-11(12,13)14/h4-5,15H,2-3,6-8H2,1H3,(H,17,19). The summed E-state index contributed by atoms with van der Waals surface area (Å²) >= 11 is 0. The molecule has 0 aliphatic rings. The van der Waals surface area contributed by atoms with Crippen molar-refractivity contribution in [1.29, 1.82) is 0 Å². The van der Waals surface area contributed by atoms with Crippen molar-refractivity contribution in [2.24, 2.45) is 0 Å². The van der Waals surface area contributed by atoms with Crippen molar-refractivity contribution in [3.05, 3.63) is 18.2 Å². The smallest absolute Gasteiger partial charge is 0.345 e. The molecule has 2 N–H and O–H groups in total. The second-order valence-corrected chi connectivity index (χ2v) is 4.04. The van der Waals surface area contributed by atoms with Gasteiger partial charge in [0.1, 0.15) is 18.9 Å². The molecule has 1 aromatic rings. The number of rotatable bonds is 7. The van der Waals surface area contributed by atoms with E-state index in [4.69, 9.17) is 0 Å². The molecule has 0 atom stereocenters. The van der Waals surface area contributed by atoms with Gasteiger partial charge in [-0.05, 0) is 13.0 Å². The summed E-state index contributed by atoms with van der Waals surface area (Å²) in [6.45, 7) is 1.83. The van der Waals surface area contributed by atoms with Crippen molar-refractivity contribution in [3.63, 3.8) is 0 Å². The van der Waals surface area contributed by atoms with Crippen LogP contribution in [0.1, 0.15) is 19.2 Å². The summed E-state index contributed by atoms with van der Waals surface area (Å²) in [6.07, 6.45) is -0.348. The minimum Gasteiger partial charge on any atom is -0.345 e. The molecular formula is C11H17F3N4O. The quantitative estimate of drug-likeness (QED) is 0.733. The molecule has 0 bridgehead atoms. The van der Waals surface area contributed by atoms with Gasteiger partial charge in [0.2, 0.25) is 5.91 Å². The summed E-state index contributed by atoms with van der Waals surface area (Å²) in [7, 11) is 0. The minimum absolute atomic E-state index is 0.167. The summed E-state index contributed by atoms with van der Waals surface area (Å²) in [6, 6.07) is 0. The van der Waals surface area contributed by atoms with E-state index in [2.05, 4.69) is 10.3 Å². The Morgan fingerprint density at radius 1 is 1.47 bits per heavy atom. The van der Waals surface area contributed by atoms with E-state index in [1.807, 2.05) is 12.2 Å². The number of hydrogen-bond donors (Lipinski definition) is 2. The summed E-state index contributed by atoms with van der Waals surface area (Å²) in [5.41, 5.74) is 0. The Hall–Kier alpha value is -1.57. The highest BCUT2D eigenvalue weighted by Gasteiger charge is 2.27. The van der Waals surface area contributed by atoms with Gasteiger partial charge in [0.05, 0.1) is 6.54 Å². The lowest BCUT2D eigenvalue weighted by molar-refractivity contribution is -0.138. The fraction of sp³-hybridized carbons (Fsp3) is 0.636. The van der Waals surface area contributed by atoms with E-state index in [1.54, 1.807) is 6.20 Å². The minimum atomic E-state index is -4.39. The highest BCUT2D eigenvalue weighted by atomic mass is 19.4. The van der Waals surface area contributed by atoms with E-state index >= 15 is 0 Å². The highest BCUT2D eigenvalue weighted by molar-refractivity contribution is 5.75. The van der Waals surface area contributed by atoms with Gasteiger partial charge < -0.3 is 15.2 Å². The number of aromatic nitrogens is 2. The number of carbonyl (C=O) groups excluding carboxylic acids is 1. The highest BCUT2D eigenvalue weighted by Crippen LogP contribution is 2.12. The van der Waals surface area contributed by atoms with Crippen molar-refractivity contribution in [2.45, 2.75) is 32.6 Å². The van der Waals surface area contributed by atoms with Crippen LogP contribution >= 0.6 is 0 Å². The van der Waals surface area contributed by atoms with Crippen molar-refractivity contribution >= 4 is 5.91 Å². The number of hydrogen-bond acceptors (Lipinski definition) is 3. The van der Waals surface area contributed by atoms with Gasteiger partial charge in [0, 0.05) is 12.4 Å². The van der Waals surface area contributed by atoms with Gasteiger partial charge in [0.25, 0.3) is 0 Å². The number of amides is 1. The van der Waals surface area contributed by atoms with Gasteiger partial charge in [-0.15, -0.1) is 0 Å². The normalized spacial score (nSPS) is 11.6. The number of imidazole rings is 1. The monoisotopic (exact) mass is 278 g/mol. The summed E-state index contributed by atoms with van der Waals surface area (Å²) in [5, 5.41) is 4.93. The second kappa shape index (κ2) is 7.13. The Labute approximate surface area is 109 Å². The number of alkyl halides is 3. The maximum Gasteiger partial charge on any atom is 0.405 e. The van der Waals surface area contributed by atoms with Gasteiger partial charge in [-0.1, -0.05) is 6.92 Å². The van der Waals surface area contributed by atoms with Crippen LogP contribution in [0.25, 0.3) is 0 Å². The Morgan fingerprint density at radius 2 is 2.21 bits per heavy atom. The molecule has 0 fully saturated rings. The predicted molar refractivity (Wildman–Crippen MR) is 63.3 cm³/mol. The SMILES string of the molecule is CCCNCc1nccn1CC(=O)NCC(F)(F)F.